The molecule has 0 saturated carbocycles. The van der Waals surface area contributed by atoms with Crippen LogP contribution in [-0.4, -0.2) is 37.2 Å². The van der Waals surface area contributed by atoms with Crippen molar-refractivity contribution in [1.29, 1.82) is 0 Å². The van der Waals surface area contributed by atoms with Gasteiger partial charge in [-0.25, -0.2) is 0 Å². The number of esters is 3. The second kappa shape index (κ2) is 59.9. The molecule has 0 N–H and O–H groups in total. The third-order valence-corrected chi connectivity index (χ3v) is 13.8. The van der Waals surface area contributed by atoms with Crippen molar-refractivity contribution >= 4 is 17.9 Å². The van der Waals surface area contributed by atoms with Crippen molar-refractivity contribution in [2.45, 2.75) is 335 Å². The standard InChI is InChI=1S/C65H118O6/c1-4-7-10-13-16-19-22-25-28-31-34-37-40-43-46-49-52-55-58-64(67)70-61-62(60-69-63(66)57-54-51-48-45-42-39-36-33-30-27-24-21-18-15-12-9-6-3)71-65(68)59-56-53-50-47-44-41-38-35-32-29-26-23-20-17-14-11-8-5-2/h19,22,27-32,62H,4-18,20-21,23-26,33-61H2,1-3H3/b22-19-,30-27-,31-28-,32-29-. The lowest BCUT2D eigenvalue weighted by Gasteiger charge is -2.18. The first kappa shape index (κ1) is 68.4. The van der Waals surface area contributed by atoms with E-state index in [2.05, 4.69) is 69.4 Å². The molecule has 0 amide bonds. The molecular weight excluding hydrogens is 877 g/mol. The van der Waals surface area contributed by atoms with Gasteiger partial charge in [-0.3, -0.25) is 14.4 Å². The Balaban J connectivity index is 4.38. The quantitative estimate of drug-likeness (QED) is 0.0261. The maximum Gasteiger partial charge on any atom is 0.306 e. The van der Waals surface area contributed by atoms with Crippen LogP contribution >= 0.6 is 0 Å². The average Bonchev–Trinajstić information content (AvgIpc) is 3.37. The van der Waals surface area contributed by atoms with Crippen LogP contribution in [-0.2, 0) is 28.6 Å². The van der Waals surface area contributed by atoms with Gasteiger partial charge in [0.05, 0.1) is 0 Å². The molecule has 0 heterocycles. The molecule has 0 aliphatic carbocycles. The third-order valence-electron chi connectivity index (χ3n) is 13.8. The van der Waals surface area contributed by atoms with E-state index in [0.29, 0.717) is 19.3 Å². The predicted molar refractivity (Wildman–Crippen MR) is 307 cm³/mol. The molecule has 0 fully saturated rings. The number of rotatable bonds is 57. The Labute approximate surface area is 441 Å². The van der Waals surface area contributed by atoms with Crippen molar-refractivity contribution in [3.63, 3.8) is 0 Å². The van der Waals surface area contributed by atoms with E-state index in [1.165, 1.54) is 218 Å². The number of unbranched alkanes of at least 4 members (excludes halogenated alkanes) is 38. The Bertz CT molecular complexity index is 1230. The molecule has 0 spiro atoms. The van der Waals surface area contributed by atoms with Gasteiger partial charge in [-0.2, -0.15) is 0 Å². The van der Waals surface area contributed by atoms with Crippen molar-refractivity contribution < 1.29 is 28.6 Å². The molecule has 1 unspecified atom stereocenters. The lowest BCUT2D eigenvalue weighted by atomic mass is 10.1. The Morgan fingerprint density at radius 1 is 0.282 bits per heavy atom. The summed E-state index contributed by atoms with van der Waals surface area (Å²) in [4.78, 5) is 38.3. The van der Waals surface area contributed by atoms with Gasteiger partial charge in [0.2, 0.25) is 0 Å². The Morgan fingerprint density at radius 3 is 0.803 bits per heavy atom. The first-order chi connectivity index (χ1) is 35.0. The van der Waals surface area contributed by atoms with Crippen LogP contribution in [0.15, 0.2) is 48.6 Å². The molecule has 0 radical (unpaired) electrons. The third kappa shape index (κ3) is 58.1. The molecule has 1 atom stereocenters. The summed E-state index contributed by atoms with van der Waals surface area (Å²) in [5.74, 6) is -0.876. The van der Waals surface area contributed by atoms with Crippen molar-refractivity contribution in [3.8, 4) is 0 Å². The van der Waals surface area contributed by atoms with Gasteiger partial charge in [-0.05, 0) is 103 Å². The second-order valence-corrected chi connectivity index (χ2v) is 21.0. The molecule has 0 aromatic carbocycles. The van der Waals surface area contributed by atoms with E-state index < -0.39 is 6.10 Å². The highest BCUT2D eigenvalue weighted by Gasteiger charge is 2.19. The van der Waals surface area contributed by atoms with Gasteiger partial charge < -0.3 is 14.2 Å². The molecule has 0 aliphatic rings. The molecule has 0 bridgehead atoms. The Morgan fingerprint density at radius 2 is 0.507 bits per heavy atom. The van der Waals surface area contributed by atoms with Crippen LogP contribution in [0.4, 0.5) is 0 Å². The fourth-order valence-corrected chi connectivity index (χ4v) is 9.05. The molecule has 0 aromatic rings. The maximum atomic E-state index is 12.9. The summed E-state index contributed by atoms with van der Waals surface area (Å²) in [5, 5.41) is 0. The average molecular weight is 996 g/mol. The summed E-state index contributed by atoms with van der Waals surface area (Å²) in [7, 11) is 0. The van der Waals surface area contributed by atoms with Crippen LogP contribution in [0.3, 0.4) is 0 Å². The van der Waals surface area contributed by atoms with E-state index in [-0.39, 0.29) is 31.1 Å². The van der Waals surface area contributed by atoms with Crippen LogP contribution in [0.25, 0.3) is 0 Å². The number of carbonyl (C=O) groups is 3. The fraction of sp³-hybridized carbons (Fsp3) is 0.831. The number of ether oxygens (including phenoxy) is 3. The molecule has 0 rings (SSSR count). The highest BCUT2D eigenvalue weighted by molar-refractivity contribution is 5.71. The van der Waals surface area contributed by atoms with E-state index in [0.717, 1.165) is 70.6 Å². The van der Waals surface area contributed by atoms with Gasteiger partial charge in [0.25, 0.3) is 0 Å². The Kier molecular flexibility index (Phi) is 57.7. The molecule has 414 valence electrons. The van der Waals surface area contributed by atoms with E-state index in [9.17, 15) is 14.4 Å². The van der Waals surface area contributed by atoms with Gasteiger partial charge >= 0.3 is 17.9 Å². The zero-order chi connectivity index (χ0) is 51.4. The van der Waals surface area contributed by atoms with E-state index >= 15 is 0 Å². The highest BCUT2D eigenvalue weighted by atomic mass is 16.6. The minimum Gasteiger partial charge on any atom is -0.462 e. The molecule has 71 heavy (non-hydrogen) atoms. The van der Waals surface area contributed by atoms with Gasteiger partial charge in [0.15, 0.2) is 6.10 Å². The zero-order valence-corrected chi connectivity index (χ0v) is 47.5. The second-order valence-electron chi connectivity index (χ2n) is 21.0. The molecule has 0 aromatic heterocycles. The summed E-state index contributed by atoms with van der Waals surface area (Å²) in [6, 6.07) is 0. The summed E-state index contributed by atoms with van der Waals surface area (Å²) < 4.78 is 16.9. The molecule has 0 aliphatic heterocycles. The highest BCUT2D eigenvalue weighted by Crippen LogP contribution is 2.16. The molecule has 6 heteroatoms. The van der Waals surface area contributed by atoms with Crippen LogP contribution in [0.2, 0.25) is 0 Å². The van der Waals surface area contributed by atoms with Crippen molar-refractivity contribution in [3.05, 3.63) is 48.6 Å². The molecule has 6 nitrogen and oxygen atoms in total. The minimum atomic E-state index is -0.781. The monoisotopic (exact) mass is 995 g/mol. The van der Waals surface area contributed by atoms with Crippen LogP contribution < -0.4 is 0 Å². The van der Waals surface area contributed by atoms with E-state index in [4.69, 9.17) is 14.2 Å². The van der Waals surface area contributed by atoms with Crippen LogP contribution in [0.1, 0.15) is 329 Å². The number of allylic oxidation sites excluding steroid dienone is 8. The number of hydrogen-bond acceptors (Lipinski definition) is 6. The molecule has 0 saturated heterocycles. The Hall–Kier alpha value is -2.63. The summed E-state index contributed by atoms with van der Waals surface area (Å²) in [6.07, 6.45) is 73.9. The van der Waals surface area contributed by atoms with E-state index in [1.807, 2.05) is 0 Å². The first-order valence-corrected chi connectivity index (χ1v) is 31.1. The van der Waals surface area contributed by atoms with Gasteiger partial charge in [0.1, 0.15) is 13.2 Å². The van der Waals surface area contributed by atoms with Crippen LogP contribution in [0, 0.1) is 0 Å². The van der Waals surface area contributed by atoms with Gasteiger partial charge in [0, 0.05) is 19.3 Å². The normalized spacial score (nSPS) is 12.3. The summed E-state index contributed by atoms with van der Waals surface area (Å²) in [6.45, 7) is 6.65. The van der Waals surface area contributed by atoms with Crippen molar-refractivity contribution in [1.82, 2.24) is 0 Å². The lowest BCUT2D eigenvalue weighted by Crippen LogP contribution is -2.30. The number of carbonyl (C=O) groups excluding carboxylic acids is 3. The largest absolute Gasteiger partial charge is 0.462 e. The summed E-state index contributed by atoms with van der Waals surface area (Å²) >= 11 is 0. The van der Waals surface area contributed by atoms with Crippen molar-refractivity contribution in [2.24, 2.45) is 0 Å². The van der Waals surface area contributed by atoms with Crippen molar-refractivity contribution in [2.75, 3.05) is 13.2 Å². The van der Waals surface area contributed by atoms with E-state index in [1.54, 1.807) is 0 Å². The topological polar surface area (TPSA) is 78.9 Å². The minimum absolute atomic E-state index is 0.0778. The SMILES string of the molecule is CCCCCC/C=C\C/C=C\CCCCCCCCCC(=O)OCC(COC(=O)CCCCCCCCC/C=C\CCCCCCCC)OC(=O)CCCCCCCCC/C=C\CCCCCCCCC. The van der Waals surface area contributed by atoms with Crippen LogP contribution in [0.5, 0.6) is 0 Å². The predicted octanol–water partition coefficient (Wildman–Crippen LogP) is 21.0. The molecular formula is C65H118O6. The first-order valence-electron chi connectivity index (χ1n) is 31.1. The fourth-order valence-electron chi connectivity index (χ4n) is 9.05. The van der Waals surface area contributed by atoms with Gasteiger partial charge in [-0.15, -0.1) is 0 Å². The smallest absolute Gasteiger partial charge is 0.306 e. The van der Waals surface area contributed by atoms with Gasteiger partial charge in [-0.1, -0.05) is 256 Å². The maximum absolute atomic E-state index is 12.9. The lowest BCUT2D eigenvalue weighted by molar-refractivity contribution is -0.167. The summed E-state index contributed by atoms with van der Waals surface area (Å²) in [5.41, 5.74) is 0. The zero-order valence-electron chi connectivity index (χ0n) is 47.5. The number of hydrogen-bond donors (Lipinski definition) is 0.